The van der Waals surface area contributed by atoms with Crippen molar-refractivity contribution in [2.45, 2.75) is 37.8 Å². The van der Waals surface area contributed by atoms with E-state index in [1.807, 2.05) is 0 Å². The maximum absolute atomic E-state index is 13.6. The highest BCUT2D eigenvalue weighted by Crippen LogP contribution is 2.47. The zero-order valence-electron chi connectivity index (χ0n) is 16.7. The first-order valence-corrected chi connectivity index (χ1v) is 10.3. The Labute approximate surface area is 176 Å². The van der Waals surface area contributed by atoms with E-state index >= 15 is 0 Å². The quantitative estimate of drug-likeness (QED) is 0.677. The summed E-state index contributed by atoms with van der Waals surface area (Å²) in [5.74, 6) is -0.899. The van der Waals surface area contributed by atoms with E-state index in [0.29, 0.717) is 31.5 Å². The molecule has 5 nitrogen and oxygen atoms in total. The van der Waals surface area contributed by atoms with Crippen molar-refractivity contribution in [2.24, 2.45) is 5.92 Å². The number of carbonyl (C=O) groups is 2. The number of carbonyl (C=O) groups excluding carboxylic acids is 2. The van der Waals surface area contributed by atoms with E-state index in [0.717, 1.165) is 18.9 Å². The van der Waals surface area contributed by atoms with E-state index in [1.54, 1.807) is 20.2 Å². The lowest BCUT2D eigenvalue weighted by Gasteiger charge is -2.32. The molecular formula is C21H22ClF3N2O3. The molecule has 0 unspecified atom stereocenters. The summed E-state index contributed by atoms with van der Waals surface area (Å²) in [6, 6.07) is 2.71. The molecule has 0 N–H and O–H groups in total. The van der Waals surface area contributed by atoms with Crippen molar-refractivity contribution in [2.75, 3.05) is 27.2 Å². The summed E-state index contributed by atoms with van der Waals surface area (Å²) < 4.78 is 46.3. The van der Waals surface area contributed by atoms with E-state index in [1.165, 1.54) is 9.80 Å². The number of nitrogens with zero attached hydrogens (tertiary/aromatic N) is 2. The Bertz CT molecular complexity index is 1000. The molecule has 1 saturated heterocycles. The Hall–Kier alpha value is -2.22. The number of alkyl halides is 3. The van der Waals surface area contributed by atoms with Crippen molar-refractivity contribution >= 4 is 34.4 Å². The van der Waals surface area contributed by atoms with Gasteiger partial charge in [-0.1, -0.05) is 11.6 Å². The predicted molar refractivity (Wildman–Crippen MR) is 106 cm³/mol. The first-order chi connectivity index (χ1) is 14.1. The molecule has 1 saturated carbocycles. The molecule has 2 aromatic rings. The molecule has 0 bridgehead atoms. The molecule has 2 fully saturated rings. The third-order valence-electron chi connectivity index (χ3n) is 5.87. The number of fused-ring (bicyclic) bond motifs is 1. The van der Waals surface area contributed by atoms with E-state index in [-0.39, 0.29) is 33.9 Å². The summed E-state index contributed by atoms with van der Waals surface area (Å²) in [5, 5.41) is 0.0314. The summed E-state index contributed by atoms with van der Waals surface area (Å²) in [6.45, 7) is 0.631. The van der Waals surface area contributed by atoms with Crippen LogP contribution in [0.2, 0.25) is 5.02 Å². The third-order valence-corrected chi connectivity index (χ3v) is 6.25. The molecule has 4 rings (SSSR count). The van der Waals surface area contributed by atoms with Crippen molar-refractivity contribution in [3.05, 3.63) is 34.0 Å². The van der Waals surface area contributed by atoms with Gasteiger partial charge in [0, 0.05) is 38.5 Å². The van der Waals surface area contributed by atoms with Gasteiger partial charge in [-0.3, -0.25) is 9.59 Å². The fourth-order valence-corrected chi connectivity index (χ4v) is 4.29. The van der Waals surface area contributed by atoms with Crippen LogP contribution >= 0.6 is 11.6 Å². The SMILES string of the molecule is CN(C)C(=O)C1CCN(C(=O)c2oc3c(C(F)(F)F)cc(C4CC4)cc3c2Cl)CC1. The smallest absolute Gasteiger partial charge is 0.420 e. The first kappa shape index (κ1) is 21.0. The molecular weight excluding hydrogens is 421 g/mol. The number of likely N-dealkylation sites (tertiary alicyclic amines) is 1. The molecule has 1 aliphatic heterocycles. The summed E-state index contributed by atoms with van der Waals surface area (Å²) in [6.07, 6.45) is -1.97. The highest BCUT2D eigenvalue weighted by Gasteiger charge is 2.39. The third kappa shape index (κ3) is 3.77. The van der Waals surface area contributed by atoms with Crippen LogP contribution in [0.1, 0.15) is 53.3 Å². The molecule has 2 aliphatic rings. The largest absolute Gasteiger partial charge is 0.449 e. The molecule has 0 spiro atoms. The topological polar surface area (TPSA) is 53.8 Å². The lowest BCUT2D eigenvalue weighted by Crippen LogP contribution is -2.42. The molecule has 30 heavy (non-hydrogen) atoms. The zero-order chi connectivity index (χ0) is 21.8. The van der Waals surface area contributed by atoms with Crippen molar-refractivity contribution in [1.29, 1.82) is 0 Å². The van der Waals surface area contributed by atoms with Gasteiger partial charge in [-0.15, -0.1) is 0 Å². The molecule has 1 aromatic heterocycles. The van der Waals surface area contributed by atoms with Gasteiger partial charge in [-0.05, 0) is 49.3 Å². The number of hydrogen-bond acceptors (Lipinski definition) is 3. The minimum Gasteiger partial charge on any atom is -0.449 e. The molecule has 0 radical (unpaired) electrons. The zero-order valence-corrected chi connectivity index (χ0v) is 17.4. The van der Waals surface area contributed by atoms with Crippen molar-refractivity contribution in [3.8, 4) is 0 Å². The van der Waals surface area contributed by atoms with Gasteiger partial charge in [0.1, 0.15) is 5.58 Å². The lowest BCUT2D eigenvalue weighted by atomic mass is 9.95. The number of rotatable bonds is 3. The monoisotopic (exact) mass is 442 g/mol. The summed E-state index contributed by atoms with van der Waals surface area (Å²) in [7, 11) is 3.37. The molecule has 162 valence electrons. The second kappa shape index (κ2) is 7.48. The number of halogens is 4. The Kier molecular flexibility index (Phi) is 5.24. The van der Waals surface area contributed by atoms with Crippen LogP contribution in [0.3, 0.4) is 0 Å². The molecule has 2 amide bonds. The maximum Gasteiger partial charge on any atom is 0.420 e. The van der Waals surface area contributed by atoms with E-state index < -0.39 is 23.2 Å². The second-order valence-electron chi connectivity index (χ2n) is 8.26. The summed E-state index contributed by atoms with van der Waals surface area (Å²) in [5.41, 5.74) is -0.740. The van der Waals surface area contributed by atoms with Crippen LogP contribution in [0.25, 0.3) is 11.0 Å². The Balaban J connectivity index is 1.64. The van der Waals surface area contributed by atoms with Crippen LogP contribution in [0.15, 0.2) is 16.5 Å². The minimum atomic E-state index is -4.62. The average molecular weight is 443 g/mol. The Morgan fingerprint density at radius 3 is 2.30 bits per heavy atom. The fourth-order valence-electron chi connectivity index (χ4n) is 4.03. The molecule has 2 heterocycles. The molecule has 1 aliphatic carbocycles. The minimum absolute atomic E-state index is 0.00583. The van der Waals surface area contributed by atoms with E-state index in [2.05, 4.69) is 0 Å². The van der Waals surface area contributed by atoms with Crippen LogP contribution in [-0.4, -0.2) is 48.8 Å². The van der Waals surface area contributed by atoms with E-state index in [4.69, 9.17) is 16.0 Å². The maximum atomic E-state index is 13.6. The normalized spacial score (nSPS) is 18.1. The number of benzene rings is 1. The molecule has 0 atom stereocenters. The van der Waals surface area contributed by atoms with Crippen LogP contribution in [0.4, 0.5) is 13.2 Å². The van der Waals surface area contributed by atoms with Gasteiger partial charge >= 0.3 is 6.18 Å². The number of piperidine rings is 1. The lowest BCUT2D eigenvalue weighted by molar-refractivity contribution is -0.137. The van der Waals surface area contributed by atoms with Gasteiger partial charge in [0.2, 0.25) is 11.7 Å². The van der Waals surface area contributed by atoms with Crippen LogP contribution in [0, 0.1) is 5.92 Å². The van der Waals surface area contributed by atoms with Gasteiger partial charge in [0.25, 0.3) is 5.91 Å². The second-order valence-corrected chi connectivity index (χ2v) is 8.64. The van der Waals surface area contributed by atoms with Crippen molar-refractivity contribution < 1.29 is 27.2 Å². The van der Waals surface area contributed by atoms with E-state index in [9.17, 15) is 22.8 Å². The standard InChI is InChI=1S/C21H22ClF3N2O3/c1-26(2)19(28)12-5-7-27(8-6-12)20(29)18-16(22)14-9-13(11-3-4-11)10-15(17(14)30-18)21(23,24)25/h9-12H,3-8H2,1-2H3. The fraction of sp³-hybridized carbons (Fsp3) is 0.524. The number of amides is 2. The van der Waals surface area contributed by atoms with Gasteiger partial charge in [0.15, 0.2) is 0 Å². The van der Waals surface area contributed by atoms with Gasteiger partial charge in [-0.2, -0.15) is 13.2 Å². The summed E-state index contributed by atoms with van der Waals surface area (Å²) >= 11 is 6.34. The van der Waals surface area contributed by atoms with Crippen LogP contribution in [-0.2, 0) is 11.0 Å². The Morgan fingerprint density at radius 2 is 1.77 bits per heavy atom. The first-order valence-electron chi connectivity index (χ1n) is 9.91. The van der Waals surface area contributed by atoms with Crippen LogP contribution < -0.4 is 0 Å². The highest BCUT2D eigenvalue weighted by atomic mass is 35.5. The molecule has 1 aromatic carbocycles. The van der Waals surface area contributed by atoms with Gasteiger partial charge < -0.3 is 14.2 Å². The van der Waals surface area contributed by atoms with Crippen molar-refractivity contribution in [1.82, 2.24) is 9.80 Å². The predicted octanol–water partition coefficient (Wildman–Crippen LogP) is 4.92. The van der Waals surface area contributed by atoms with Crippen molar-refractivity contribution in [3.63, 3.8) is 0 Å². The number of hydrogen-bond donors (Lipinski definition) is 0. The average Bonchev–Trinajstić information content (AvgIpc) is 3.50. The molecule has 9 heteroatoms. The Morgan fingerprint density at radius 1 is 1.13 bits per heavy atom. The summed E-state index contributed by atoms with van der Waals surface area (Å²) in [4.78, 5) is 28.1. The van der Waals surface area contributed by atoms with Gasteiger partial charge in [0.05, 0.1) is 10.6 Å². The number of furan rings is 1. The van der Waals surface area contributed by atoms with Gasteiger partial charge in [-0.25, -0.2) is 0 Å². The highest BCUT2D eigenvalue weighted by molar-refractivity contribution is 6.38. The van der Waals surface area contributed by atoms with Crippen LogP contribution in [0.5, 0.6) is 0 Å².